The SMILES string of the molecule is CC1=CC=CC(C)(C)C/C1=N/O. The van der Waals surface area contributed by atoms with Crippen LogP contribution in [0, 0.1) is 5.41 Å². The molecule has 0 atom stereocenters. The summed E-state index contributed by atoms with van der Waals surface area (Å²) >= 11 is 0. The second-order valence-electron chi connectivity index (χ2n) is 3.92. The highest BCUT2D eigenvalue weighted by Gasteiger charge is 2.20. The van der Waals surface area contributed by atoms with Crippen molar-refractivity contribution in [3.05, 3.63) is 23.8 Å². The van der Waals surface area contributed by atoms with Crippen LogP contribution in [-0.4, -0.2) is 10.9 Å². The van der Waals surface area contributed by atoms with E-state index in [4.69, 9.17) is 5.21 Å². The Morgan fingerprint density at radius 2 is 2.17 bits per heavy atom. The number of allylic oxidation sites excluding steroid dienone is 4. The highest BCUT2D eigenvalue weighted by Crippen LogP contribution is 2.27. The van der Waals surface area contributed by atoms with E-state index in [9.17, 15) is 0 Å². The minimum Gasteiger partial charge on any atom is -0.411 e. The van der Waals surface area contributed by atoms with Gasteiger partial charge in [0.15, 0.2) is 0 Å². The van der Waals surface area contributed by atoms with E-state index < -0.39 is 0 Å². The van der Waals surface area contributed by atoms with E-state index in [1.807, 2.05) is 19.1 Å². The lowest BCUT2D eigenvalue weighted by Crippen LogP contribution is -2.13. The van der Waals surface area contributed by atoms with Crippen LogP contribution in [0.2, 0.25) is 0 Å². The Bertz CT molecular complexity index is 259. The molecule has 0 aromatic rings. The number of nitrogens with zero attached hydrogens (tertiary/aromatic N) is 1. The van der Waals surface area contributed by atoms with Crippen LogP contribution in [0.25, 0.3) is 0 Å². The monoisotopic (exact) mass is 165 g/mol. The summed E-state index contributed by atoms with van der Waals surface area (Å²) in [5.41, 5.74) is 1.92. The normalized spacial score (nSPS) is 25.2. The molecule has 0 aromatic carbocycles. The molecular formula is C10H15NO. The molecule has 1 rings (SSSR count). The molecule has 0 spiro atoms. The minimum atomic E-state index is 0.0931. The van der Waals surface area contributed by atoms with Gasteiger partial charge in [0.05, 0.1) is 5.71 Å². The van der Waals surface area contributed by atoms with Crippen molar-refractivity contribution in [2.75, 3.05) is 0 Å². The molecule has 12 heavy (non-hydrogen) atoms. The third-order valence-electron chi connectivity index (χ3n) is 2.09. The predicted octanol–water partition coefficient (Wildman–Crippen LogP) is 2.75. The van der Waals surface area contributed by atoms with Gasteiger partial charge in [0, 0.05) is 6.42 Å². The Kier molecular flexibility index (Phi) is 2.36. The van der Waals surface area contributed by atoms with Gasteiger partial charge < -0.3 is 5.21 Å². The van der Waals surface area contributed by atoms with Gasteiger partial charge in [0.2, 0.25) is 0 Å². The van der Waals surface area contributed by atoms with Gasteiger partial charge in [-0.25, -0.2) is 0 Å². The van der Waals surface area contributed by atoms with Gasteiger partial charge in [-0.3, -0.25) is 0 Å². The van der Waals surface area contributed by atoms with Crippen molar-refractivity contribution in [1.29, 1.82) is 0 Å². The van der Waals surface area contributed by atoms with Gasteiger partial charge in [-0.1, -0.05) is 37.2 Å². The van der Waals surface area contributed by atoms with Crippen LogP contribution in [-0.2, 0) is 0 Å². The van der Waals surface area contributed by atoms with Gasteiger partial charge in [0.25, 0.3) is 0 Å². The van der Waals surface area contributed by atoms with Gasteiger partial charge >= 0.3 is 0 Å². The zero-order valence-corrected chi connectivity index (χ0v) is 7.83. The predicted molar refractivity (Wildman–Crippen MR) is 50.5 cm³/mol. The fourth-order valence-electron chi connectivity index (χ4n) is 1.29. The Morgan fingerprint density at radius 3 is 2.75 bits per heavy atom. The molecule has 0 unspecified atom stereocenters. The lowest BCUT2D eigenvalue weighted by molar-refractivity contribution is 0.315. The molecule has 1 aliphatic carbocycles. The van der Waals surface area contributed by atoms with Crippen molar-refractivity contribution in [2.24, 2.45) is 10.6 Å². The first-order valence-electron chi connectivity index (χ1n) is 4.12. The van der Waals surface area contributed by atoms with Crippen LogP contribution in [0.3, 0.4) is 0 Å². The van der Waals surface area contributed by atoms with E-state index in [1.54, 1.807) is 0 Å². The van der Waals surface area contributed by atoms with Crippen molar-refractivity contribution >= 4 is 5.71 Å². The van der Waals surface area contributed by atoms with E-state index in [0.29, 0.717) is 0 Å². The highest BCUT2D eigenvalue weighted by atomic mass is 16.4. The van der Waals surface area contributed by atoms with Gasteiger partial charge in [-0.05, 0) is 17.9 Å². The van der Waals surface area contributed by atoms with E-state index in [-0.39, 0.29) is 5.41 Å². The Hall–Kier alpha value is -1.05. The molecule has 0 saturated carbocycles. The maximum absolute atomic E-state index is 8.74. The van der Waals surface area contributed by atoms with E-state index in [2.05, 4.69) is 25.1 Å². The largest absolute Gasteiger partial charge is 0.411 e. The summed E-state index contributed by atoms with van der Waals surface area (Å²) in [5, 5.41) is 12.0. The van der Waals surface area contributed by atoms with Crippen molar-refractivity contribution in [3.63, 3.8) is 0 Å². The van der Waals surface area contributed by atoms with Crippen LogP contribution in [0.4, 0.5) is 0 Å². The van der Waals surface area contributed by atoms with Crippen LogP contribution < -0.4 is 0 Å². The minimum absolute atomic E-state index is 0.0931. The zero-order chi connectivity index (χ0) is 9.19. The molecule has 0 aliphatic heterocycles. The molecule has 1 N–H and O–H groups in total. The van der Waals surface area contributed by atoms with E-state index in [0.717, 1.165) is 17.7 Å². The van der Waals surface area contributed by atoms with Crippen molar-refractivity contribution in [3.8, 4) is 0 Å². The lowest BCUT2D eigenvalue weighted by atomic mass is 9.87. The summed E-state index contributed by atoms with van der Waals surface area (Å²) in [6, 6.07) is 0. The summed E-state index contributed by atoms with van der Waals surface area (Å²) in [6.07, 6.45) is 6.92. The molecule has 2 nitrogen and oxygen atoms in total. The van der Waals surface area contributed by atoms with Gasteiger partial charge in [-0.2, -0.15) is 0 Å². The lowest BCUT2D eigenvalue weighted by Gasteiger charge is -2.18. The van der Waals surface area contributed by atoms with Crippen LogP contribution in [0.1, 0.15) is 27.2 Å². The molecule has 0 bridgehead atoms. The molecule has 66 valence electrons. The summed E-state index contributed by atoms with van der Waals surface area (Å²) < 4.78 is 0. The molecule has 0 amide bonds. The third-order valence-corrected chi connectivity index (χ3v) is 2.09. The van der Waals surface area contributed by atoms with E-state index >= 15 is 0 Å². The Balaban J connectivity index is 2.95. The average Bonchev–Trinajstić information content (AvgIpc) is 2.10. The Labute approximate surface area is 73.3 Å². The second kappa shape index (κ2) is 3.13. The molecule has 2 heteroatoms. The Morgan fingerprint density at radius 1 is 1.50 bits per heavy atom. The molecule has 0 fully saturated rings. The molecular weight excluding hydrogens is 150 g/mol. The standard InChI is InChI=1S/C10H15NO/c1-8-5-4-6-10(2,3)7-9(8)11-12/h4-6,12H,7H2,1-3H3/b11-9-. The first kappa shape index (κ1) is 9.04. The summed E-state index contributed by atoms with van der Waals surface area (Å²) in [6.45, 7) is 6.21. The number of rotatable bonds is 0. The fourth-order valence-corrected chi connectivity index (χ4v) is 1.29. The maximum Gasteiger partial charge on any atom is 0.0833 e. The zero-order valence-electron chi connectivity index (χ0n) is 7.83. The average molecular weight is 165 g/mol. The first-order chi connectivity index (χ1) is 5.55. The first-order valence-corrected chi connectivity index (χ1v) is 4.12. The smallest absolute Gasteiger partial charge is 0.0833 e. The topological polar surface area (TPSA) is 32.6 Å². The van der Waals surface area contributed by atoms with Crippen LogP contribution in [0.15, 0.2) is 29.0 Å². The van der Waals surface area contributed by atoms with E-state index in [1.165, 1.54) is 0 Å². The summed E-state index contributed by atoms with van der Waals surface area (Å²) in [7, 11) is 0. The third kappa shape index (κ3) is 1.97. The van der Waals surface area contributed by atoms with Crippen LogP contribution in [0.5, 0.6) is 0 Å². The van der Waals surface area contributed by atoms with Crippen molar-refractivity contribution < 1.29 is 5.21 Å². The fraction of sp³-hybridized carbons (Fsp3) is 0.500. The van der Waals surface area contributed by atoms with Gasteiger partial charge in [-0.15, -0.1) is 0 Å². The summed E-state index contributed by atoms with van der Waals surface area (Å²) in [4.78, 5) is 0. The van der Waals surface area contributed by atoms with Crippen LogP contribution >= 0.6 is 0 Å². The molecule has 0 heterocycles. The molecule has 0 aromatic heterocycles. The highest BCUT2D eigenvalue weighted by molar-refractivity contribution is 6.00. The quantitative estimate of drug-likeness (QED) is 0.434. The van der Waals surface area contributed by atoms with Gasteiger partial charge in [0.1, 0.15) is 0 Å². The van der Waals surface area contributed by atoms with Crippen molar-refractivity contribution in [2.45, 2.75) is 27.2 Å². The maximum atomic E-state index is 8.74. The second-order valence-corrected chi connectivity index (χ2v) is 3.92. The number of hydrogen-bond donors (Lipinski definition) is 1. The number of oxime groups is 1. The van der Waals surface area contributed by atoms with Crippen molar-refractivity contribution in [1.82, 2.24) is 0 Å². The molecule has 1 aliphatic rings. The molecule has 0 radical (unpaired) electrons. The number of hydrogen-bond acceptors (Lipinski definition) is 2. The summed E-state index contributed by atoms with van der Waals surface area (Å²) in [5.74, 6) is 0. The molecule has 0 saturated heterocycles.